The number of aryl methyl sites for hydroxylation is 2. The Hall–Kier alpha value is -5.84. The normalized spacial score (nSPS) is 11.2. The van der Waals surface area contributed by atoms with Gasteiger partial charge in [0.2, 0.25) is 11.6 Å². The number of benzene rings is 3. The smallest absolute Gasteiger partial charge is 0.493 e. The number of nitrogens with zero attached hydrogens (tertiary/aromatic N) is 4. The molecule has 0 radical (unpaired) electrons. The fraction of sp³-hybridized carbons (Fsp3) is 0.194. The van der Waals surface area contributed by atoms with Gasteiger partial charge >= 0.3 is 12.1 Å². The number of aromatic nitrogens is 3. The molecule has 0 aliphatic heterocycles. The van der Waals surface area contributed by atoms with E-state index in [1.165, 1.54) is 57.7 Å². The lowest BCUT2D eigenvalue weighted by Gasteiger charge is -2.22. The largest absolute Gasteiger partial charge is 0.493 e. The first-order valence-corrected chi connectivity index (χ1v) is 14.6. The van der Waals surface area contributed by atoms with Crippen molar-refractivity contribution in [3.63, 3.8) is 0 Å². The number of anilines is 4. The molecule has 0 fully saturated rings. The summed E-state index contributed by atoms with van der Waals surface area (Å²) in [6.07, 6.45) is -5.37. The van der Waals surface area contributed by atoms with Crippen LogP contribution in [0.3, 0.4) is 0 Å². The molecule has 2 aromatic heterocycles. The summed E-state index contributed by atoms with van der Waals surface area (Å²) in [6.45, 7) is 3.43. The van der Waals surface area contributed by atoms with Crippen LogP contribution >= 0.6 is 11.3 Å². The van der Waals surface area contributed by atoms with Crippen molar-refractivity contribution in [2.75, 3.05) is 37.4 Å². The number of rotatable bonds is 9. The first kappa shape index (κ1) is 33.5. The topological polar surface area (TPSA) is 164 Å². The fourth-order valence-corrected chi connectivity index (χ4v) is 5.41. The molecule has 0 aliphatic rings. The van der Waals surface area contributed by atoms with E-state index in [4.69, 9.17) is 24.5 Å². The number of hydrogen-bond donors (Lipinski definition) is 2. The third-order valence-electron chi connectivity index (χ3n) is 6.59. The molecule has 0 spiro atoms. The summed E-state index contributed by atoms with van der Waals surface area (Å²) in [5, 5.41) is 7.72. The third kappa shape index (κ3) is 7.10. The number of alkyl halides is 3. The predicted molar refractivity (Wildman–Crippen MR) is 170 cm³/mol. The highest BCUT2D eigenvalue weighted by molar-refractivity contribution is 7.19. The lowest BCUT2D eigenvalue weighted by atomic mass is 10.1. The molecule has 1 amide bonds. The molecule has 17 heteroatoms. The number of nitrogens with two attached hydrogens (primary N) is 1. The molecule has 5 rings (SSSR count). The average Bonchev–Trinajstić information content (AvgIpc) is 3.68. The summed E-state index contributed by atoms with van der Waals surface area (Å²) in [4.78, 5) is 38.9. The summed E-state index contributed by atoms with van der Waals surface area (Å²) in [5.74, 6) is -2.29. The van der Waals surface area contributed by atoms with Crippen molar-refractivity contribution in [2.45, 2.75) is 20.0 Å². The van der Waals surface area contributed by atoms with Gasteiger partial charge in [-0.2, -0.15) is 18.2 Å². The van der Waals surface area contributed by atoms with Crippen molar-refractivity contribution in [3.05, 3.63) is 71.3 Å². The van der Waals surface area contributed by atoms with Crippen LogP contribution in [-0.2, 0) is 9.63 Å². The maximum atomic E-state index is 13.4. The van der Waals surface area contributed by atoms with E-state index in [-0.39, 0.29) is 39.4 Å². The van der Waals surface area contributed by atoms with E-state index in [9.17, 15) is 22.8 Å². The fourth-order valence-electron chi connectivity index (χ4n) is 4.58. The van der Waals surface area contributed by atoms with Crippen molar-refractivity contribution >= 4 is 45.5 Å². The van der Waals surface area contributed by atoms with Gasteiger partial charge in [-0.1, -0.05) is 45.8 Å². The van der Waals surface area contributed by atoms with Crippen LogP contribution in [0.4, 0.5) is 35.5 Å². The Morgan fingerprint density at radius 3 is 2.21 bits per heavy atom. The zero-order valence-corrected chi connectivity index (χ0v) is 26.8. The number of halogens is 3. The second-order valence-corrected chi connectivity index (χ2v) is 11.1. The number of carbonyl (C=O) groups excluding carboxylic acids is 2. The number of carbonyl (C=O) groups is 2. The van der Waals surface area contributed by atoms with Gasteiger partial charge in [-0.25, -0.2) is 9.78 Å². The summed E-state index contributed by atoms with van der Waals surface area (Å²) < 4.78 is 61.2. The highest BCUT2D eigenvalue weighted by Crippen LogP contribution is 2.42. The Balaban J connectivity index is 1.44. The quantitative estimate of drug-likeness (QED) is 0.162. The molecule has 2 heterocycles. The second-order valence-electron chi connectivity index (χ2n) is 10.1. The lowest BCUT2D eigenvalue weighted by Crippen LogP contribution is -2.38. The Bertz CT molecular complexity index is 1950. The molecular formula is C31H27F3N6O7S. The maximum Gasteiger partial charge on any atom is 0.493 e. The van der Waals surface area contributed by atoms with Crippen LogP contribution in [0.2, 0.25) is 0 Å². The maximum absolute atomic E-state index is 13.4. The number of hydrogen-bond acceptors (Lipinski definition) is 13. The number of hydroxylamine groups is 1. The highest BCUT2D eigenvalue weighted by atomic mass is 32.1. The van der Waals surface area contributed by atoms with Crippen molar-refractivity contribution in [2.24, 2.45) is 0 Å². The van der Waals surface area contributed by atoms with E-state index in [0.29, 0.717) is 44.1 Å². The molecule has 0 saturated heterocycles. The molecule has 0 atom stereocenters. The standard InChI is InChI=1S/C31H27F3N6O7S/c1-15-9-16(2)11-18(10-15)28(41)40(47-29(42)31(32,33)34)20-8-6-7-17(12-20)26-38-27(46-39-26)24-25(35)37-30(48-24)36-19-13-21(43-3)23(45-5)22(14-19)44-4/h6-14H,35H2,1-5H3,(H,36,37). The minimum absolute atomic E-state index is 0.000247. The van der Waals surface area contributed by atoms with E-state index in [1.807, 2.05) is 0 Å². The molecule has 13 nitrogen and oxygen atoms in total. The number of methoxy groups -OCH3 is 3. The zero-order valence-electron chi connectivity index (χ0n) is 26.0. The zero-order chi connectivity index (χ0) is 34.7. The average molecular weight is 685 g/mol. The molecule has 0 unspecified atom stereocenters. The van der Waals surface area contributed by atoms with Crippen molar-refractivity contribution in [3.8, 4) is 39.4 Å². The number of nitrogen functional groups attached to an aromatic ring is 1. The molecule has 250 valence electrons. The molecule has 48 heavy (non-hydrogen) atoms. The van der Waals surface area contributed by atoms with Gasteiger partial charge in [0.05, 0.1) is 27.0 Å². The Labute approximate surface area is 275 Å². The van der Waals surface area contributed by atoms with Gasteiger partial charge in [-0.3, -0.25) is 4.79 Å². The van der Waals surface area contributed by atoms with Crippen LogP contribution in [0, 0.1) is 13.8 Å². The van der Waals surface area contributed by atoms with Crippen molar-refractivity contribution in [1.82, 2.24) is 15.1 Å². The molecule has 0 bridgehead atoms. The summed E-state index contributed by atoms with van der Waals surface area (Å²) >= 11 is 1.10. The molecule has 3 N–H and O–H groups in total. The molecule has 3 aromatic carbocycles. The van der Waals surface area contributed by atoms with Crippen molar-refractivity contribution in [1.29, 1.82) is 0 Å². The monoisotopic (exact) mass is 684 g/mol. The SMILES string of the molecule is COc1cc(Nc2nc(N)c(-c3nc(-c4cccc(N(OC(=O)C(F)(F)F)C(=O)c5cc(C)cc(C)c5)c4)no3)s2)cc(OC)c1OC. The van der Waals surface area contributed by atoms with Crippen LogP contribution in [0.5, 0.6) is 17.2 Å². The molecule has 5 aromatic rings. The summed E-state index contributed by atoms with van der Waals surface area (Å²) in [7, 11) is 4.46. The van der Waals surface area contributed by atoms with E-state index in [2.05, 4.69) is 25.3 Å². The number of thiazole rings is 1. The summed E-state index contributed by atoms with van der Waals surface area (Å²) in [5.41, 5.74) is 8.11. The Morgan fingerprint density at radius 2 is 1.60 bits per heavy atom. The molecule has 0 aliphatic carbocycles. The van der Waals surface area contributed by atoms with Crippen LogP contribution in [0.1, 0.15) is 21.5 Å². The second kappa shape index (κ2) is 13.5. The van der Waals surface area contributed by atoms with E-state index < -0.39 is 18.1 Å². The number of amides is 1. The van der Waals surface area contributed by atoms with Gasteiger partial charge in [0, 0.05) is 28.9 Å². The minimum Gasteiger partial charge on any atom is -0.493 e. The third-order valence-corrected chi connectivity index (χ3v) is 7.56. The van der Waals surface area contributed by atoms with Crippen LogP contribution in [-0.4, -0.2) is 54.5 Å². The van der Waals surface area contributed by atoms with Crippen LogP contribution in [0.15, 0.2) is 59.1 Å². The van der Waals surface area contributed by atoms with E-state index >= 15 is 0 Å². The lowest BCUT2D eigenvalue weighted by molar-refractivity contribution is -0.199. The van der Waals surface area contributed by atoms with Gasteiger partial charge in [-0.05, 0) is 38.1 Å². The van der Waals surface area contributed by atoms with Gasteiger partial charge in [0.1, 0.15) is 10.7 Å². The first-order valence-electron chi connectivity index (χ1n) is 13.8. The van der Waals surface area contributed by atoms with Gasteiger partial charge < -0.3 is 34.6 Å². The summed E-state index contributed by atoms with van der Waals surface area (Å²) in [6, 6.07) is 13.6. The minimum atomic E-state index is -5.37. The van der Waals surface area contributed by atoms with E-state index in [1.54, 1.807) is 32.0 Å². The van der Waals surface area contributed by atoms with Crippen LogP contribution in [0.25, 0.3) is 22.2 Å². The van der Waals surface area contributed by atoms with Gasteiger partial charge in [0.25, 0.3) is 11.8 Å². The predicted octanol–water partition coefficient (Wildman–Crippen LogP) is 6.50. The first-order chi connectivity index (χ1) is 22.8. The highest BCUT2D eigenvalue weighted by Gasteiger charge is 2.44. The number of ether oxygens (including phenoxy) is 3. The van der Waals surface area contributed by atoms with Gasteiger partial charge in [0.15, 0.2) is 16.6 Å². The Kier molecular flexibility index (Phi) is 9.42. The Morgan fingerprint density at radius 1 is 0.938 bits per heavy atom. The molecule has 0 saturated carbocycles. The van der Waals surface area contributed by atoms with Gasteiger partial charge in [-0.15, -0.1) is 5.06 Å². The van der Waals surface area contributed by atoms with Crippen molar-refractivity contribution < 1.29 is 46.3 Å². The van der Waals surface area contributed by atoms with E-state index in [0.717, 1.165) is 11.3 Å². The van der Waals surface area contributed by atoms with Crippen LogP contribution < -0.4 is 30.3 Å². The molecular weight excluding hydrogens is 657 g/mol. The number of nitrogens with one attached hydrogen (secondary N) is 1.